The standard InChI is InChI=1S/C7H9BrN2S/c1-11-5-2-3-6(8)7(4-5)10-9/h2-4,10H,9H2,1H3. The average Bonchev–Trinajstić information content (AvgIpc) is 2.05. The van der Waals surface area contributed by atoms with E-state index in [1.807, 2.05) is 24.5 Å². The molecular formula is C7H9BrN2S. The van der Waals surface area contributed by atoms with E-state index in [4.69, 9.17) is 5.84 Å². The number of thioether (sulfide) groups is 1. The Kier molecular flexibility index (Phi) is 3.23. The van der Waals surface area contributed by atoms with Gasteiger partial charge in [0.25, 0.3) is 0 Å². The largest absolute Gasteiger partial charge is 0.323 e. The summed E-state index contributed by atoms with van der Waals surface area (Å²) in [6.45, 7) is 0. The molecular weight excluding hydrogens is 224 g/mol. The highest BCUT2D eigenvalue weighted by molar-refractivity contribution is 9.10. The quantitative estimate of drug-likeness (QED) is 0.468. The summed E-state index contributed by atoms with van der Waals surface area (Å²) >= 11 is 5.06. The molecule has 0 saturated heterocycles. The van der Waals surface area contributed by atoms with Gasteiger partial charge in [-0.15, -0.1) is 11.8 Å². The van der Waals surface area contributed by atoms with E-state index in [9.17, 15) is 0 Å². The third-order valence-corrected chi connectivity index (χ3v) is 2.75. The first-order valence-electron chi connectivity index (χ1n) is 3.08. The first kappa shape index (κ1) is 8.90. The minimum atomic E-state index is 0.914. The zero-order valence-corrected chi connectivity index (χ0v) is 8.50. The molecule has 4 heteroatoms. The van der Waals surface area contributed by atoms with Crippen molar-refractivity contribution in [3.05, 3.63) is 22.7 Å². The SMILES string of the molecule is CSc1ccc(Br)c(NN)c1. The number of nitrogens with one attached hydrogen (secondary N) is 1. The summed E-state index contributed by atoms with van der Waals surface area (Å²) < 4.78 is 0.984. The normalized spacial score (nSPS) is 9.73. The number of hydrogen-bond donors (Lipinski definition) is 2. The Labute approximate surface area is 78.6 Å². The van der Waals surface area contributed by atoms with Crippen molar-refractivity contribution in [2.45, 2.75) is 4.90 Å². The van der Waals surface area contributed by atoms with Crippen LogP contribution in [0.1, 0.15) is 0 Å². The van der Waals surface area contributed by atoms with Gasteiger partial charge in [-0.2, -0.15) is 0 Å². The van der Waals surface area contributed by atoms with Gasteiger partial charge < -0.3 is 5.43 Å². The third-order valence-electron chi connectivity index (χ3n) is 1.33. The summed E-state index contributed by atoms with van der Waals surface area (Å²) in [6, 6.07) is 6.01. The highest BCUT2D eigenvalue weighted by Crippen LogP contribution is 2.26. The van der Waals surface area contributed by atoms with Crippen molar-refractivity contribution in [3.8, 4) is 0 Å². The number of hydrazine groups is 1. The number of benzene rings is 1. The summed E-state index contributed by atoms with van der Waals surface area (Å²) in [5.74, 6) is 5.28. The zero-order valence-electron chi connectivity index (χ0n) is 6.10. The van der Waals surface area contributed by atoms with Crippen LogP contribution in [-0.4, -0.2) is 6.26 Å². The lowest BCUT2D eigenvalue weighted by Gasteiger charge is -2.04. The maximum Gasteiger partial charge on any atom is 0.0638 e. The van der Waals surface area contributed by atoms with Gasteiger partial charge in [-0.05, 0) is 40.4 Å². The Morgan fingerprint density at radius 1 is 1.55 bits per heavy atom. The predicted molar refractivity (Wildman–Crippen MR) is 53.7 cm³/mol. The summed E-state index contributed by atoms with van der Waals surface area (Å²) in [5.41, 5.74) is 3.52. The Morgan fingerprint density at radius 2 is 2.27 bits per heavy atom. The van der Waals surface area contributed by atoms with Crippen LogP contribution in [0, 0.1) is 0 Å². The van der Waals surface area contributed by atoms with E-state index in [0.717, 1.165) is 10.2 Å². The average molecular weight is 233 g/mol. The van der Waals surface area contributed by atoms with Crippen molar-refractivity contribution >= 4 is 33.4 Å². The molecule has 0 heterocycles. The molecule has 1 rings (SSSR count). The topological polar surface area (TPSA) is 38.0 Å². The second kappa shape index (κ2) is 3.99. The van der Waals surface area contributed by atoms with Crippen LogP contribution >= 0.6 is 27.7 Å². The molecule has 0 aliphatic carbocycles. The number of halogens is 1. The van der Waals surface area contributed by atoms with E-state index in [-0.39, 0.29) is 0 Å². The van der Waals surface area contributed by atoms with Gasteiger partial charge in [-0.25, -0.2) is 0 Å². The number of nitrogen functional groups attached to an aromatic ring is 1. The van der Waals surface area contributed by atoms with Gasteiger partial charge in [0.1, 0.15) is 0 Å². The van der Waals surface area contributed by atoms with Crippen molar-refractivity contribution in [2.75, 3.05) is 11.7 Å². The fraction of sp³-hybridized carbons (Fsp3) is 0.143. The molecule has 1 aromatic rings. The molecule has 3 N–H and O–H groups in total. The van der Waals surface area contributed by atoms with Crippen LogP contribution in [0.25, 0.3) is 0 Å². The minimum Gasteiger partial charge on any atom is -0.323 e. The van der Waals surface area contributed by atoms with Crippen LogP contribution in [0.3, 0.4) is 0 Å². The van der Waals surface area contributed by atoms with Crippen LogP contribution in [0.4, 0.5) is 5.69 Å². The molecule has 2 nitrogen and oxygen atoms in total. The summed E-state index contributed by atoms with van der Waals surface area (Å²) in [5, 5.41) is 0. The third kappa shape index (κ3) is 2.12. The lowest BCUT2D eigenvalue weighted by molar-refractivity contribution is 1.31. The highest BCUT2D eigenvalue weighted by Gasteiger charge is 1.97. The van der Waals surface area contributed by atoms with Crippen LogP contribution < -0.4 is 11.3 Å². The van der Waals surface area contributed by atoms with Gasteiger partial charge in [-0.1, -0.05) is 0 Å². The van der Waals surface area contributed by atoms with Gasteiger partial charge in [-0.3, -0.25) is 5.84 Å². The van der Waals surface area contributed by atoms with Crippen LogP contribution in [0.5, 0.6) is 0 Å². The van der Waals surface area contributed by atoms with Crippen LogP contribution in [-0.2, 0) is 0 Å². The molecule has 0 fully saturated rings. The molecule has 0 aromatic heterocycles. The van der Waals surface area contributed by atoms with Crippen LogP contribution in [0.15, 0.2) is 27.6 Å². The Hall–Kier alpha value is -0.190. The molecule has 0 unspecified atom stereocenters. The number of anilines is 1. The van der Waals surface area contributed by atoms with Gasteiger partial charge in [0.2, 0.25) is 0 Å². The van der Waals surface area contributed by atoms with E-state index in [0.29, 0.717) is 0 Å². The fourth-order valence-corrected chi connectivity index (χ4v) is 1.54. The summed E-state index contributed by atoms with van der Waals surface area (Å²) in [6.07, 6.45) is 2.03. The smallest absolute Gasteiger partial charge is 0.0638 e. The van der Waals surface area contributed by atoms with E-state index in [1.54, 1.807) is 11.8 Å². The zero-order chi connectivity index (χ0) is 8.27. The Bertz CT molecular complexity index is 252. The van der Waals surface area contributed by atoms with Crippen LogP contribution in [0.2, 0.25) is 0 Å². The highest BCUT2D eigenvalue weighted by atomic mass is 79.9. The van der Waals surface area contributed by atoms with E-state index >= 15 is 0 Å². The van der Waals surface area contributed by atoms with Crippen molar-refractivity contribution in [1.82, 2.24) is 0 Å². The van der Waals surface area contributed by atoms with E-state index in [2.05, 4.69) is 21.4 Å². The molecule has 0 amide bonds. The number of hydrogen-bond acceptors (Lipinski definition) is 3. The molecule has 0 spiro atoms. The fourth-order valence-electron chi connectivity index (χ4n) is 0.742. The molecule has 0 atom stereocenters. The van der Waals surface area contributed by atoms with Crippen molar-refractivity contribution in [3.63, 3.8) is 0 Å². The second-order valence-corrected chi connectivity index (χ2v) is 3.72. The molecule has 0 radical (unpaired) electrons. The summed E-state index contributed by atoms with van der Waals surface area (Å²) in [4.78, 5) is 1.20. The number of nitrogens with two attached hydrogens (primary N) is 1. The molecule has 11 heavy (non-hydrogen) atoms. The maximum atomic E-state index is 5.28. The Morgan fingerprint density at radius 3 is 2.82 bits per heavy atom. The Balaban J connectivity index is 3.02. The maximum absolute atomic E-state index is 5.28. The molecule has 0 aliphatic heterocycles. The molecule has 1 aromatic carbocycles. The summed E-state index contributed by atoms with van der Waals surface area (Å²) in [7, 11) is 0. The van der Waals surface area contributed by atoms with E-state index in [1.165, 1.54) is 4.90 Å². The van der Waals surface area contributed by atoms with E-state index < -0.39 is 0 Å². The predicted octanol–water partition coefficient (Wildman–Crippen LogP) is 2.46. The van der Waals surface area contributed by atoms with Crippen molar-refractivity contribution < 1.29 is 0 Å². The van der Waals surface area contributed by atoms with Crippen molar-refractivity contribution in [2.24, 2.45) is 5.84 Å². The first-order chi connectivity index (χ1) is 5.27. The van der Waals surface area contributed by atoms with Gasteiger partial charge in [0.05, 0.1) is 5.69 Å². The molecule has 0 aliphatic rings. The van der Waals surface area contributed by atoms with Crippen molar-refractivity contribution in [1.29, 1.82) is 0 Å². The number of rotatable bonds is 2. The van der Waals surface area contributed by atoms with Gasteiger partial charge in [0, 0.05) is 9.37 Å². The lowest BCUT2D eigenvalue weighted by Crippen LogP contribution is -2.07. The first-order valence-corrected chi connectivity index (χ1v) is 5.10. The minimum absolute atomic E-state index is 0.914. The second-order valence-electron chi connectivity index (χ2n) is 1.99. The molecule has 60 valence electrons. The van der Waals surface area contributed by atoms with Gasteiger partial charge in [0.15, 0.2) is 0 Å². The van der Waals surface area contributed by atoms with Gasteiger partial charge >= 0.3 is 0 Å². The monoisotopic (exact) mass is 232 g/mol. The molecule has 0 bridgehead atoms. The lowest BCUT2D eigenvalue weighted by atomic mass is 10.3. The molecule has 0 saturated carbocycles.